The number of benzene rings is 1. The molecule has 1 fully saturated rings. The van der Waals surface area contributed by atoms with Crippen LogP contribution in [0.15, 0.2) is 18.2 Å². The lowest BCUT2D eigenvalue weighted by atomic mass is 9.91. The maximum Gasteiger partial charge on any atom is 0.0765 e. The lowest BCUT2D eigenvalue weighted by Gasteiger charge is -2.36. The van der Waals surface area contributed by atoms with Gasteiger partial charge in [0.05, 0.1) is 6.10 Å². The van der Waals surface area contributed by atoms with Gasteiger partial charge >= 0.3 is 0 Å². The highest BCUT2D eigenvalue weighted by atomic mass is 16.3. The zero-order chi connectivity index (χ0) is 11.1. The SMILES string of the molecule is CC(O)c1cccc2c1CCN2C1CCC1. The first-order chi connectivity index (χ1) is 7.77. The molecule has 1 aliphatic carbocycles. The third-order valence-corrected chi connectivity index (χ3v) is 4.07. The third kappa shape index (κ3) is 1.44. The number of aliphatic hydroxyl groups is 1. The van der Waals surface area contributed by atoms with Crippen LogP contribution in [-0.2, 0) is 6.42 Å². The van der Waals surface area contributed by atoms with E-state index in [1.54, 1.807) is 0 Å². The Balaban J connectivity index is 1.96. The maximum absolute atomic E-state index is 9.77. The minimum absolute atomic E-state index is 0.337. The third-order valence-electron chi connectivity index (χ3n) is 4.07. The van der Waals surface area contributed by atoms with E-state index in [0.29, 0.717) is 0 Å². The van der Waals surface area contributed by atoms with E-state index in [2.05, 4.69) is 23.1 Å². The van der Waals surface area contributed by atoms with Crippen LogP contribution in [0.3, 0.4) is 0 Å². The topological polar surface area (TPSA) is 23.5 Å². The second-order valence-corrected chi connectivity index (χ2v) is 5.05. The van der Waals surface area contributed by atoms with Gasteiger partial charge in [-0.2, -0.15) is 0 Å². The van der Waals surface area contributed by atoms with E-state index in [1.807, 2.05) is 6.92 Å². The van der Waals surface area contributed by atoms with Crippen molar-refractivity contribution in [3.05, 3.63) is 29.3 Å². The van der Waals surface area contributed by atoms with E-state index in [4.69, 9.17) is 0 Å². The lowest BCUT2D eigenvalue weighted by molar-refractivity contribution is 0.198. The summed E-state index contributed by atoms with van der Waals surface area (Å²) in [5.41, 5.74) is 3.88. The molecule has 86 valence electrons. The summed E-state index contributed by atoms with van der Waals surface area (Å²) in [6.45, 7) is 3.01. The molecule has 0 bridgehead atoms. The molecule has 0 radical (unpaired) electrons. The summed E-state index contributed by atoms with van der Waals surface area (Å²) in [6, 6.07) is 7.13. The zero-order valence-electron chi connectivity index (χ0n) is 9.82. The Morgan fingerprint density at radius 1 is 1.38 bits per heavy atom. The molecule has 0 spiro atoms. The highest BCUT2D eigenvalue weighted by molar-refractivity contribution is 5.62. The highest BCUT2D eigenvalue weighted by Gasteiger charge is 2.31. The molecule has 1 aromatic rings. The van der Waals surface area contributed by atoms with Crippen molar-refractivity contribution in [2.45, 2.75) is 44.8 Å². The molecule has 1 atom stereocenters. The fourth-order valence-electron chi connectivity index (χ4n) is 2.96. The van der Waals surface area contributed by atoms with Crippen molar-refractivity contribution < 1.29 is 5.11 Å². The van der Waals surface area contributed by atoms with Crippen LogP contribution in [0.4, 0.5) is 5.69 Å². The van der Waals surface area contributed by atoms with E-state index < -0.39 is 0 Å². The average Bonchev–Trinajstić information content (AvgIpc) is 2.59. The summed E-state index contributed by atoms with van der Waals surface area (Å²) in [4.78, 5) is 2.55. The number of nitrogens with zero attached hydrogens (tertiary/aromatic N) is 1. The minimum atomic E-state index is -0.337. The van der Waals surface area contributed by atoms with Crippen LogP contribution < -0.4 is 4.90 Å². The van der Waals surface area contributed by atoms with Crippen LogP contribution in [0, 0.1) is 0 Å². The van der Waals surface area contributed by atoms with E-state index >= 15 is 0 Å². The fourth-order valence-corrected chi connectivity index (χ4v) is 2.96. The summed E-state index contributed by atoms with van der Waals surface area (Å²) in [7, 11) is 0. The first kappa shape index (κ1) is 10.2. The molecule has 1 aromatic carbocycles. The van der Waals surface area contributed by atoms with Gasteiger partial charge in [0, 0.05) is 18.3 Å². The van der Waals surface area contributed by atoms with Gasteiger partial charge in [-0.25, -0.2) is 0 Å². The molecule has 1 aliphatic heterocycles. The van der Waals surface area contributed by atoms with Gasteiger partial charge < -0.3 is 10.0 Å². The molecule has 1 saturated carbocycles. The number of hydrogen-bond donors (Lipinski definition) is 1. The van der Waals surface area contributed by atoms with E-state index in [9.17, 15) is 5.11 Å². The van der Waals surface area contributed by atoms with E-state index in [0.717, 1.165) is 24.6 Å². The molecule has 2 nitrogen and oxygen atoms in total. The highest BCUT2D eigenvalue weighted by Crippen LogP contribution is 2.38. The van der Waals surface area contributed by atoms with Gasteiger partial charge in [-0.3, -0.25) is 0 Å². The molecule has 3 rings (SSSR count). The average molecular weight is 217 g/mol. The second kappa shape index (κ2) is 3.77. The Bertz CT molecular complexity index is 396. The Hall–Kier alpha value is -1.02. The molecular weight excluding hydrogens is 198 g/mol. The smallest absolute Gasteiger partial charge is 0.0765 e. The van der Waals surface area contributed by atoms with Gasteiger partial charge in [0.25, 0.3) is 0 Å². The van der Waals surface area contributed by atoms with Gasteiger partial charge in [-0.15, -0.1) is 0 Å². The molecule has 16 heavy (non-hydrogen) atoms. The van der Waals surface area contributed by atoms with Crippen molar-refractivity contribution in [3.8, 4) is 0 Å². The summed E-state index contributed by atoms with van der Waals surface area (Å²) in [5, 5.41) is 9.77. The van der Waals surface area contributed by atoms with Crippen molar-refractivity contribution in [1.82, 2.24) is 0 Å². The molecular formula is C14H19NO. The molecule has 1 unspecified atom stereocenters. The van der Waals surface area contributed by atoms with Crippen LogP contribution >= 0.6 is 0 Å². The Morgan fingerprint density at radius 3 is 2.81 bits per heavy atom. The fraction of sp³-hybridized carbons (Fsp3) is 0.571. The second-order valence-electron chi connectivity index (χ2n) is 5.05. The minimum Gasteiger partial charge on any atom is -0.389 e. The quantitative estimate of drug-likeness (QED) is 0.823. The Morgan fingerprint density at radius 2 is 2.19 bits per heavy atom. The molecule has 1 N–H and O–H groups in total. The van der Waals surface area contributed by atoms with Gasteiger partial charge in [0.2, 0.25) is 0 Å². The van der Waals surface area contributed by atoms with Crippen molar-refractivity contribution in [1.29, 1.82) is 0 Å². The predicted octanol–water partition coefficient (Wildman–Crippen LogP) is 2.65. The van der Waals surface area contributed by atoms with Gasteiger partial charge in [-0.05, 0) is 49.8 Å². The summed E-state index contributed by atoms with van der Waals surface area (Å²) < 4.78 is 0. The number of anilines is 1. The monoisotopic (exact) mass is 217 g/mol. The summed E-state index contributed by atoms with van der Waals surface area (Å²) in [5.74, 6) is 0. The van der Waals surface area contributed by atoms with Gasteiger partial charge in [-0.1, -0.05) is 12.1 Å². The zero-order valence-corrected chi connectivity index (χ0v) is 9.82. The van der Waals surface area contributed by atoms with Gasteiger partial charge in [0.1, 0.15) is 0 Å². The molecule has 0 amide bonds. The number of fused-ring (bicyclic) bond motifs is 1. The van der Waals surface area contributed by atoms with Crippen LogP contribution in [0.5, 0.6) is 0 Å². The first-order valence-corrected chi connectivity index (χ1v) is 6.34. The van der Waals surface area contributed by atoms with Gasteiger partial charge in [0.15, 0.2) is 0 Å². The van der Waals surface area contributed by atoms with Crippen LogP contribution in [-0.4, -0.2) is 17.7 Å². The predicted molar refractivity (Wildman–Crippen MR) is 65.8 cm³/mol. The molecule has 0 saturated heterocycles. The Kier molecular flexibility index (Phi) is 2.40. The summed E-state index contributed by atoms with van der Waals surface area (Å²) in [6.07, 6.45) is 4.84. The molecule has 1 heterocycles. The lowest BCUT2D eigenvalue weighted by Crippen LogP contribution is -2.38. The number of aliphatic hydroxyl groups excluding tert-OH is 1. The van der Waals surface area contributed by atoms with Crippen LogP contribution in [0.2, 0.25) is 0 Å². The van der Waals surface area contributed by atoms with Crippen molar-refractivity contribution in [2.24, 2.45) is 0 Å². The number of rotatable bonds is 2. The standard InChI is InChI=1S/C14H19NO/c1-10(16)12-6-3-7-14-13(12)8-9-15(14)11-4-2-5-11/h3,6-7,10-11,16H,2,4-5,8-9H2,1H3. The van der Waals surface area contributed by atoms with Crippen molar-refractivity contribution >= 4 is 5.69 Å². The largest absolute Gasteiger partial charge is 0.389 e. The van der Waals surface area contributed by atoms with E-state index in [1.165, 1.54) is 30.5 Å². The van der Waals surface area contributed by atoms with Crippen molar-refractivity contribution in [3.63, 3.8) is 0 Å². The van der Waals surface area contributed by atoms with Crippen LogP contribution in [0.25, 0.3) is 0 Å². The molecule has 2 heteroatoms. The summed E-state index contributed by atoms with van der Waals surface area (Å²) >= 11 is 0. The van der Waals surface area contributed by atoms with Crippen LogP contribution in [0.1, 0.15) is 43.4 Å². The Labute approximate surface area is 96.9 Å². The van der Waals surface area contributed by atoms with E-state index in [-0.39, 0.29) is 6.10 Å². The van der Waals surface area contributed by atoms with Crippen molar-refractivity contribution in [2.75, 3.05) is 11.4 Å². The normalized spacial score (nSPS) is 21.8. The number of hydrogen-bond acceptors (Lipinski definition) is 2. The molecule has 2 aliphatic rings. The molecule has 0 aromatic heterocycles. The maximum atomic E-state index is 9.77. The first-order valence-electron chi connectivity index (χ1n) is 6.34.